The smallest absolute Gasteiger partial charge is 0.301 e. The maximum absolute atomic E-state index is 15.0. The molecule has 2 aromatic rings. The second-order valence-corrected chi connectivity index (χ2v) is 9.84. The van der Waals surface area contributed by atoms with Crippen LogP contribution in [-0.4, -0.2) is 53.8 Å². The van der Waals surface area contributed by atoms with Crippen LogP contribution in [0.1, 0.15) is 27.9 Å². The minimum atomic E-state index is -4.26. The van der Waals surface area contributed by atoms with Gasteiger partial charge in [0, 0.05) is 36.6 Å². The summed E-state index contributed by atoms with van der Waals surface area (Å²) in [6, 6.07) is 1.69. The summed E-state index contributed by atoms with van der Waals surface area (Å²) in [5.41, 5.74) is -0.936. The monoisotopic (exact) mass is 504 g/mol. The Labute approximate surface area is 178 Å². The van der Waals surface area contributed by atoms with Crippen LogP contribution in [0.15, 0.2) is 23.3 Å². The molecule has 160 valence electrons. The first-order chi connectivity index (χ1) is 14.2. The number of carbonyl (C=O) groups is 1. The number of aromatic nitrogens is 1. The van der Waals surface area contributed by atoms with E-state index < -0.39 is 45.0 Å². The summed E-state index contributed by atoms with van der Waals surface area (Å²) in [5.74, 6) is -2.99. The summed E-state index contributed by atoms with van der Waals surface area (Å²) in [7, 11) is -4.26. The Bertz CT molecular complexity index is 1150. The number of rotatable bonds is 5. The van der Waals surface area contributed by atoms with Crippen molar-refractivity contribution in [1.82, 2.24) is 9.29 Å². The van der Waals surface area contributed by atoms with Gasteiger partial charge in [-0.1, -0.05) is 15.9 Å². The predicted octanol–water partition coefficient (Wildman–Crippen LogP) is 3.25. The molecule has 2 atom stereocenters. The SMILES string of the molecule is O=C(c1c[nH]c2c1CC(Br)C=N2)c1c(F)ccc(NS(=O)(=O)N2CC[C@H](F)C2)c1F. The van der Waals surface area contributed by atoms with Crippen LogP contribution < -0.4 is 4.72 Å². The van der Waals surface area contributed by atoms with E-state index in [-0.39, 0.29) is 29.9 Å². The van der Waals surface area contributed by atoms with Crippen molar-refractivity contribution in [2.24, 2.45) is 4.99 Å². The van der Waals surface area contributed by atoms with E-state index in [4.69, 9.17) is 0 Å². The number of aromatic amines is 1. The zero-order valence-corrected chi connectivity index (χ0v) is 17.7. The lowest BCUT2D eigenvalue weighted by atomic mass is 9.97. The zero-order chi connectivity index (χ0) is 21.6. The van der Waals surface area contributed by atoms with Crippen molar-refractivity contribution < 1.29 is 26.4 Å². The van der Waals surface area contributed by atoms with Crippen LogP contribution >= 0.6 is 15.9 Å². The lowest BCUT2D eigenvalue weighted by molar-refractivity contribution is 0.103. The molecule has 1 aromatic carbocycles. The minimum Gasteiger partial charge on any atom is -0.346 e. The highest BCUT2D eigenvalue weighted by Crippen LogP contribution is 2.32. The zero-order valence-electron chi connectivity index (χ0n) is 15.3. The Balaban J connectivity index is 1.68. The fourth-order valence-electron chi connectivity index (χ4n) is 3.45. The van der Waals surface area contributed by atoms with Crippen molar-refractivity contribution in [3.63, 3.8) is 0 Å². The molecule has 0 saturated carbocycles. The first-order valence-corrected chi connectivity index (χ1v) is 11.4. The molecule has 0 bridgehead atoms. The molecule has 1 aromatic heterocycles. The molecule has 0 amide bonds. The molecular formula is C18H16BrF3N4O3S. The number of nitrogens with zero attached hydrogens (tertiary/aromatic N) is 2. The van der Waals surface area contributed by atoms with Gasteiger partial charge in [-0.3, -0.25) is 9.52 Å². The number of fused-ring (bicyclic) bond motifs is 1. The number of halogens is 4. The molecule has 1 fully saturated rings. The molecule has 0 radical (unpaired) electrons. The molecule has 0 spiro atoms. The molecule has 0 aliphatic carbocycles. The fraction of sp³-hybridized carbons (Fsp3) is 0.333. The van der Waals surface area contributed by atoms with Crippen molar-refractivity contribution in [2.75, 3.05) is 17.8 Å². The molecule has 4 rings (SSSR count). The standard InChI is InChI=1S/C18H16BrF3N4O3S/c19-9-5-11-12(7-24-18(11)23-6-9)17(27)15-13(21)1-2-14(16(15)22)25-30(28,29)26-4-3-10(20)8-26/h1-2,6-7,9-10,24-25H,3-5,8H2/t9?,10-/m0/s1. The Kier molecular flexibility index (Phi) is 5.49. The second kappa shape index (κ2) is 7.82. The van der Waals surface area contributed by atoms with Gasteiger partial charge >= 0.3 is 10.2 Å². The van der Waals surface area contributed by atoms with E-state index in [0.717, 1.165) is 16.4 Å². The van der Waals surface area contributed by atoms with Crippen molar-refractivity contribution in [1.29, 1.82) is 0 Å². The predicted molar refractivity (Wildman–Crippen MR) is 109 cm³/mol. The molecule has 1 unspecified atom stereocenters. The summed E-state index contributed by atoms with van der Waals surface area (Å²) in [5, 5.41) is 0. The molecule has 2 aliphatic rings. The van der Waals surface area contributed by atoms with E-state index in [2.05, 4.69) is 25.9 Å². The summed E-state index contributed by atoms with van der Waals surface area (Å²) in [6.45, 7) is -0.414. The fourth-order valence-corrected chi connectivity index (χ4v) is 5.16. The quantitative estimate of drug-likeness (QED) is 0.483. The Morgan fingerprint density at radius 2 is 2.10 bits per heavy atom. The van der Waals surface area contributed by atoms with Crippen LogP contribution in [-0.2, 0) is 16.6 Å². The van der Waals surface area contributed by atoms with Crippen LogP contribution in [0.4, 0.5) is 24.7 Å². The number of aliphatic imine (C=N–C) groups is 1. The summed E-state index contributed by atoms with van der Waals surface area (Å²) in [4.78, 5) is 19.7. The van der Waals surface area contributed by atoms with Gasteiger partial charge in [0.05, 0.1) is 16.1 Å². The van der Waals surface area contributed by atoms with E-state index in [9.17, 15) is 22.0 Å². The van der Waals surface area contributed by atoms with Gasteiger partial charge < -0.3 is 4.98 Å². The lowest BCUT2D eigenvalue weighted by Crippen LogP contribution is -2.34. The number of H-pyrrole nitrogens is 1. The third-order valence-electron chi connectivity index (χ3n) is 4.96. The van der Waals surface area contributed by atoms with Crippen LogP contribution in [0.25, 0.3) is 0 Å². The average molecular weight is 505 g/mol. The molecule has 7 nitrogen and oxygen atoms in total. The lowest BCUT2D eigenvalue weighted by Gasteiger charge is -2.18. The molecule has 30 heavy (non-hydrogen) atoms. The van der Waals surface area contributed by atoms with Crippen LogP contribution in [0.5, 0.6) is 0 Å². The van der Waals surface area contributed by atoms with Gasteiger partial charge in [0.1, 0.15) is 17.8 Å². The highest BCUT2D eigenvalue weighted by Gasteiger charge is 2.33. The van der Waals surface area contributed by atoms with E-state index in [1.807, 2.05) is 4.72 Å². The second-order valence-electron chi connectivity index (χ2n) is 6.99. The van der Waals surface area contributed by atoms with Crippen LogP contribution in [0.2, 0.25) is 0 Å². The Morgan fingerprint density at radius 1 is 1.33 bits per heavy atom. The van der Waals surface area contributed by atoms with Gasteiger partial charge in [-0.15, -0.1) is 0 Å². The number of carbonyl (C=O) groups excluding carboxylic acids is 1. The number of ketones is 1. The average Bonchev–Trinajstić information content (AvgIpc) is 3.30. The molecular weight excluding hydrogens is 489 g/mol. The third kappa shape index (κ3) is 3.79. The van der Waals surface area contributed by atoms with Gasteiger partial charge in [-0.2, -0.15) is 12.7 Å². The van der Waals surface area contributed by atoms with Gasteiger partial charge in [0.25, 0.3) is 0 Å². The summed E-state index contributed by atoms with van der Waals surface area (Å²) in [6.07, 6.45) is 2.06. The Morgan fingerprint density at radius 3 is 2.80 bits per heavy atom. The largest absolute Gasteiger partial charge is 0.346 e. The summed E-state index contributed by atoms with van der Waals surface area (Å²) < 4.78 is 70.4. The third-order valence-corrected chi connectivity index (χ3v) is 7.01. The van der Waals surface area contributed by atoms with Crippen molar-refractivity contribution in [2.45, 2.75) is 23.8 Å². The maximum Gasteiger partial charge on any atom is 0.301 e. The highest BCUT2D eigenvalue weighted by atomic mass is 79.9. The van der Waals surface area contributed by atoms with Gasteiger partial charge in [0.2, 0.25) is 5.78 Å². The summed E-state index contributed by atoms with van der Waals surface area (Å²) >= 11 is 3.36. The molecule has 2 N–H and O–H groups in total. The van der Waals surface area contributed by atoms with E-state index in [1.165, 1.54) is 6.20 Å². The number of hydrogen-bond acceptors (Lipinski definition) is 4. The van der Waals surface area contributed by atoms with Gasteiger partial charge in [-0.25, -0.2) is 18.2 Å². The van der Waals surface area contributed by atoms with Crippen molar-refractivity contribution in [3.8, 4) is 0 Å². The normalized spacial score (nSPS) is 21.6. The first-order valence-electron chi connectivity index (χ1n) is 9.00. The maximum atomic E-state index is 15.0. The number of nitrogens with one attached hydrogen (secondary N) is 2. The molecule has 3 heterocycles. The van der Waals surface area contributed by atoms with Crippen molar-refractivity contribution in [3.05, 3.63) is 46.7 Å². The van der Waals surface area contributed by atoms with E-state index in [0.29, 0.717) is 17.8 Å². The first kappa shape index (κ1) is 21.1. The Hall–Kier alpha value is -2.18. The van der Waals surface area contributed by atoms with Crippen LogP contribution in [0.3, 0.4) is 0 Å². The van der Waals surface area contributed by atoms with E-state index in [1.54, 1.807) is 6.21 Å². The molecule has 2 aliphatic heterocycles. The van der Waals surface area contributed by atoms with Crippen LogP contribution in [0, 0.1) is 11.6 Å². The molecule has 1 saturated heterocycles. The number of hydrogen-bond donors (Lipinski definition) is 2. The number of anilines is 1. The van der Waals surface area contributed by atoms with E-state index >= 15 is 4.39 Å². The topological polar surface area (TPSA) is 94.6 Å². The number of alkyl halides is 2. The number of benzene rings is 1. The minimum absolute atomic E-state index is 0.0339. The molecule has 12 heteroatoms. The highest BCUT2D eigenvalue weighted by molar-refractivity contribution is 9.10. The van der Waals surface area contributed by atoms with Gasteiger partial charge in [-0.05, 0) is 25.0 Å². The van der Waals surface area contributed by atoms with Gasteiger partial charge in [0.15, 0.2) is 5.82 Å². The van der Waals surface area contributed by atoms with Crippen molar-refractivity contribution >= 4 is 49.6 Å².